The van der Waals surface area contributed by atoms with Crippen molar-refractivity contribution in [3.8, 4) is 0 Å². The molecular formula is C14H11NS. The molecule has 0 atom stereocenters. The Morgan fingerprint density at radius 2 is 1.69 bits per heavy atom. The summed E-state index contributed by atoms with van der Waals surface area (Å²) in [6.07, 6.45) is 0. The molecule has 0 aliphatic carbocycles. The minimum Gasteiger partial charge on any atom is -0.335 e. The average Bonchev–Trinajstić information content (AvgIpc) is 2.33. The molecule has 1 heterocycles. The van der Waals surface area contributed by atoms with E-state index in [4.69, 9.17) is 12.2 Å². The molecule has 1 nitrogen and oxygen atoms in total. The molecule has 0 unspecified atom stereocenters. The second-order valence-corrected chi connectivity index (χ2v) is 4.37. The quantitative estimate of drug-likeness (QED) is 0.412. The van der Waals surface area contributed by atoms with Gasteiger partial charge >= 0.3 is 0 Å². The van der Waals surface area contributed by atoms with Crippen molar-refractivity contribution in [2.45, 2.75) is 0 Å². The minimum atomic E-state index is 0.864. The molecule has 0 N–H and O–H groups in total. The fraction of sp³-hybridized carbons (Fsp3) is 0.0714. The molecule has 78 valence electrons. The third kappa shape index (κ3) is 1.27. The van der Waals surface area contributed by atoms with Gasteiger partial charge in [-0.25, -0.2) is 0 Å². The number of aryl methyl sites for hydroxylation is 1. The first-order valence-electron chi connectivity index (χ1n) is 5.25. The van der Waals surface area contributed by atoms with Gasteiger partial charge in [-0.05, 0) is 29.0 Å². The van der Waals surface area contributed by atoms with Gasteiger partial charge in [-0.2, -0.15) is 0 Å². The van der Waals surface area contributed by atoms with Crippen molar-refractivity contribution >= 4 is 33.9 Å². The minimum absolute atomic E-state index is 0.864. The molecule has 2 aromatic carbocycles. The van der Waals surface area contributed by atoms with Crippen molar-refractivity contribution in [2.75, 3.05) is 0 Å². The van der Waals surface area contributed by atoms with E-state index in [9.17, 15) is 0 Å². The summed E-state index contributed by atoms with van der Waals surface area (Å²) < 4.78 is 2.92. The van der Waals surface area contributed by atoms with Crippen LogP contribution in [0.3, 0.4) is 0 Å². The van der Waals surface area contributed by atoms with Crippen molar-refractivity contribution in [3.63, 3.8) is 0 Å². The van der Waals surface area contributed by atoms with Gasteiger partial charge in [0.2, 0.25) is 0 Å². The van der Waals surface area contributed by atoms with Crippen molar-refractivity contribution in [1.29, 1.82) is 0 Å². The molecule has 0 fully saturated rings. The second kappa shape index (κ2) is 3.42. The maximum atomic E-state index is 5.27. The second-order valence-electron chi connectivity index (χ2n) is 3.95. The van der Waals surface area contributed by atoms with Crippen LogP contribution in [0.4, 0.5) is 0 Å². The molecule has 0 spiro atoms. The van der Waals surface area contributed by atoms with Crippen LogP contribution in [0, 0.1) is 4.64 Å². The van der Waals surface area contributed by atoms with Crippen LogP contribution in [-0.4, -0.2) is 4.57 Å². The first-order chi connectivity index (χ1) is 7.77. The van der Waals surface area contributed by atoms with Gasteiger partial charge in [0, 0.05) is 18.0 Å². The number of rotatable bonds is 0. The van der Waals surface area contributed by atoms with E-state index in [0.717, 1.165) is 4.64 Å². The summed E-state index contributed by atoms with van der Waals surface area (Å²) in [5.74, 6) is 0. The fourth-order valence-corrected chi connectivity index (χ4v) is 2.30. The van der Waals surface area contributed by atoms with Gasteiger partial charge in [0.15, 0.2) is 0 Å². The molecular weight excluding hydrogens is 214 g/mol. The lowest BCUT2D eigenvalue weighted by Gasteiger charge is -2.08. The maximum Gasteiger partial charge on any atom is 0.106 e. The van der Waals surface area contributed by atoms with Crippen LogP contribution < -0.4 is 0 Å². The van der Waals surface area contributed by atoms with Crippen molar-refractivity contribution in [1.82, 2.24) is 4.57 Å². The van der Waals surface area contributed by atoms with E-state index in [-0.39, 0.29) is 0 Å². The summed E-state index contributed by atoms with van der Waals surface area (Å²) >= 11 is 5.27. The highest BCUT2D eigenvalue weighted by atomic mass is 32.1. The Labute approximate surface area is 98.9 Å². The third-order valence-electron chi connectivity index (χ3n) is 3.03. The van der Waals surface area contributed by atoms with Crippen LogP contribution in [0.1, 0.15) is 0 Å². The van der Waals surface area contributed by atoms with Gasteiger partial charge in [-0.15, -0.1) is 0 Å². The van der Waals surface area contributed by atoms with E-state index < -0.39 is 0 Å². The smallest absolute Gasteiger partial charge is 0.106 e. The zero-order valence-electron chi connectivity index (χ0n) is 8.97. The van der Waals surface area contributed by atoms with Crippen LogP contribution >= 0.6 is 12.2 Å². The maximum absolute atomic E-state index is 5.27. The number of nitrogens with zero attached hydrogens (tertiary/aromatic N) is 1. The predicted octanol–water partition coefficient (Wildman–Crippen LogP) is 4.06. The van der Waals surface area contributed by atoms with E-state index >= 15 is 0 Å². The SMILES string of the molecule is Cn1c(=S)ccc2c3ccccc3ccc21. The summed E-state index contributed by atoms with van der Waals surface area (Å²) in [7, 11) is 2.01. The summed E-state index contributed by atoms with van der Waals surface area (Å²) in [6.45, 7) is 0. The first-order valence-corrected chi connectivity index (χ1v) is 5.66. The lowest BCUT2D eigenvalue weighted by Crippen LogP contribution is -1.94. The summed E-state index contributed by atoms with van der Waals surface area (Å²) in [6, 6.07) is 16.8. The predicted molar refractivity (Wildman–Crippen MR) is 71.3 cm³/mol. The van der Waals surface area contributed by atoms with Crippen molar-refractivity contribution in [3.05, 3.63) is 53.2 Å². The highest BCUT2D eigenvalue weighted by molar-refractivity contribution is 7.71. The number of benzene rings is 2. The van der Waals surface area contributed by atoms with Gasteiger partial charge < -0.3 is 4.57 Å². The Kier molecular flexibility index (Phi) is 2.04. The normalized spacial score (nSPS) is 11.1. The molecule has 3 aromatic rings. The first kappa shape index (κ1) is 9.55. The Bertz CT molecular complexity index is 740. The van der Waals surface area contributed by atoms with Crippen LogP contribution in [-0.2, 0) is 7.05 Å². The van der Waals surface area contributed by atoms with Crippen LogP contribution in [0.5, 0.6) is 0 Å². The van der Waals surface area contributed by atoms with Crippen LogP contribution in [0.2, 0.25) is 0 Å². The lowest BCUT2D eigenvalue weighted by atomic mass is 10.1. The molecule has 0 aliphatic heterocycles. The summed E-state index contributed by atoms with van der Waals surface area (Å²) in [4.78, 5) is 0. The number of fused-ring (bicyclic) bond motifs is 3. The van der Waals surface area contributed by atoms with E-state index in [0.29, 0.717) is 0 Å². The van der Waals surface area contributed by atoms with Gasteiger partial charge in [0.05, 0.1) is 0 Å². The van der Waals surface area contributed by atoms with E-state index in [2.05, 4.69) is 47.0 Å². The van der Waals surface area contributed by atoms with Crippen LogP contribution in [0.15, 0.2) is 48.5 Å². The molecule has 0 saturated heterocycles. The Hall–Kier alpha value is -1.67. The highest BCUT2D eigenvalue weighted by Crippen LogP contribution is 2.24. The number of pyridine rings is 1. The third-order valence-corrected chi connectivity index (χ3v) is 3.44. The standard InChI is InChI=1S/C14H11NS/c1-15-13-8-6-10-4-2-3-5-11(10)12(13)7-9-14(15)16/h2-9H,1H3. The largest absolute Gasteiger partial charge is 0.335 e. The van der Waals surface area contributed by atoms with Crippen molar-refractivity contribution < 1.29 is 0 Å². The molecule has 0 radical (unpaired) electrons. The van der Waals surface area contributed by atoms with Gasteiger partial charge in [-0.3, -0.25) is 0 Å². The van der Waals surface area contributed by atoms with Gasteiger partial charge in [0.1, 0.15) is 4.64 Å². The lowest BCUT2D eigenvalue weighted by molar-refractivity contribution is 0.937. The Balaban J connectivity index is 2.63. The molecule has 1 aromatic heterocycles. The molecule has 3 rings (SSSR count). The molecule has 16 heavy (non-hydrogen) atoms. The monoisotopic (exact) mass is 225 g/mol. The highest BCUT2D eigenvalue weighted by Gasteiger charge is 2.01. The fourth-order valence-electron chi connectivity index (χ4n) is 2.14. The van der Waals surface area contributed by atoms with E-state index in [1.807, 2.05) is 13.1 Å². The van der Waals surface area contributed by atoms with Gasteiger partial charge in [-0.1, -0.05) is 42.5 Å². The molecule has 2 heteroatoms. The summed E-state index contributed by atoms with van der Waals surface area (Å²) in [5, 5.41) is 3.81. The van der Waals surface area contributed by atoms with E-state index in [1.165, 1.54) is 21.7 Å². The summed E-state index contributed by atoms with van der Waals surface area (Å²) in [5.41, 5.74) is 1.19. The Morgan fingerprint density at radius 3 is 2.56 bits per heavy atom. The Morgan fingerprint density at radius 1 is 0.875 bits per heavy atom. The zero-order valence-corrected chi connectivity index (χ0v) is 9.79. The molecule has 0 saturated carbocycles. The molecule has 0 amide bonds. The van der Waals surface area contributed by atoms with Gasteiger partial charge in [0.25, 0.3) is 0 Å². The van der Waals surface area contributed by atoms with Crippen LogP contribution in [0.25, 0.3) is 21.7 Å². The number of hydrogen-bond donors (Lipinski definition) is 0. The zero-order chi connectivity index (χ0) is 11.1. The number of hydrogen-bond acceptors (Lipinski definition) is 1. The average molecular weight is 225 g/mol. The molecule has 0 aliphatic rings. The van der Waals surface area contributed by atoms with E-state index in [1.54, 1.807) is 0 Å². The molecule has 0 bridgehead atoms. The van der Waals surface area contributed by atoms with Crippen molar-refractivity contribution in [2.24, 2.45) is 7.05 Å². The number of aromatic nitrogens is 1. The topological polar surface area (TPSA) is 4.93 Å².